The smallest absolute Gasteiger partial charge is 0.253 e. The first-order valence-electron chi connectivity index (χ1n) is 9.46. The van der Waals surface area contributed by atoms with Crippen molar-refractivity contribution in [1.29, 1.82) is 0 Å². The summed E-state index contributed by atoms with van der Waals surface area (Å²) in [5, 5.41) is 0. The molecule has 0 aromatic carbocycles. The molecule has 0 bridgehead atoms. The van der Waals surface area contributed by atoms with Crippen molar-refractivity contribution in [3.8, 4) is 0 Å². The van der Waals surface area contributed by atoms with Crippen LogP contribution < -0.4 is 10.5 Å². The van der Waals surface area contributed by atoms with Crippen LogP contribution >= 0.6 is 0 Å². The van der Waals surface area contributed by atoms with E-state index < -0.39 is 0 Å². The van der Waals surface area contributed by atoms with E-state index in [0.29, 0.717) is 17.8 Å². The van der Waals surface area contributed by atoms with Crippen LogP contribution in [0.5, 0.6) is 0 Å². The van der Waals surface area contributed by atoms with Gasteiger partial charge in [0.1, 0.15) is 12.1 Å². The van der Waals surface area contributed by atoms with E-state index in [1.807, 2.05) is 0 Å². The van der Waals surface area contributed by atoms with Crippen LogP contribution in [0, 0.1) is 11.8 Å². The number of nitrogens with zero attached hydrogens (tertiary/aromatic N) is 6. The highest BCUT2D eigenvalue weighted by Gasteiger charge is 2.40. The molecule has 2 atom stereocenters. The Morgan fingerprint density at radius 2 is 1.81 bits per heavy atom. The number of hydrogen-bond acceptors (Lipinski definition) is 6. The van der Waals surface area contributed by atoms with Gasteiger partial charge in [-0.25, -0.2) is 15.0 Å². The van der Waals surface area contributed by atoms with E-state index in [9.17, 15) is 4.79 Å². The molecular formula is C19H24N6O. The molecule has 3 fully saturated rings. The Bertz CT molecular complexity index is 862. The Balaban J connectivity index is 1.22. The predicted octanol–water partition coefficient (Wildman–Crippen LogP) is 1.02. The third-order valence-electron chi connectivity index (χ3n) is 5.98. The van der Waals surface area contributed by atoms with E-state index in [2.05, 4.69) is 30.8 Å². The fraction of sp³-hybridized carbons (Fsp3) is 0.579. The fourth-order valence-electron chi connectivity index (χ4n) is 4.36. The van der Waals surface area contributed by atoms with Crippen molar-refractivity contribution >= 4 is 5.82 Å². The van der Waals surface area contributed by atoms with Gasteiger partial charge in [-0.2, -0.15) is 0 Å². The molecule has 0 amide bonds. The molecule has 1 saturated carbocycles. The molecular weight excluding hydrogens is 328 g/mol. The minimum Gasteiger partial charge on any atom is -0.356 e. The zero-order valence-electron chi connectivity index (χ0n) is 15.1. The second kappa shape index (κ2) is 6.16. The highest BCUT2D eigenvalue weighted by Crippen LogP contribution is 2.40. The van der Waals surface area contributed by atoms with Gasteiger partial charge >= 0.3 is 0 Å². The lowest BCUT2D eigenvalue weighted by Crippen LogP contribution is -2.30. The first-order valence-corrected chi connectivity index (χ1v) is 9.46. The van der Waals surface area contributed by atoms with Crippen molar-refractivity contribution in [1.82, 2.24) is 24.4 Å². The summed E-state index contributed by atoms with van der Waals surface area (Å²) in [6.45, 7) is 5.03. The molecule has 0 spiro atoms. The first-order chi connectivity index (χ1) is 12.7. The molecule has 7 heteroatoms. The lowest BCUT2D eigenvalue weighted by molar-refractivity contribution is 0.304. The Kier molecular flexibility index (Phi) is 3.77. The van der Waals surface area contributed by atoms with Gasteiger partial charge in [0.2, 0.25) is 0 Å². The molecule has 2 aromatic rings. The Hall–Kier alpha value is -2.28. The van der Waals surface area contributed by atoms with Gasteiger partial charge in [0.05, 0.1) is 12.0 Å². The van der Waals surface area contributed by atoms with Crippen LogP contribution in [0.4, 0.5) is 5.82 Å². The van der Waals surface area contributed by atoms with Crippen LogP contribution in [0.15, 0.2) is 29.6 Å². The minimum atomic E-state index is 0.01000. The SMILES string of the molecule is Cn1cnc(CN2CC3CN(c4cc(C5CC5)ncn4)CC3C2)cc1=O. The molecule has 136 valence electrons. The zero-order valence-corrected chi connectivity index (χ0v) is 15.1. The Morgan fingerprint density at radius 3 is 2.50 bits per heavy atom. The average Bonchev–Trinajstić information content (AvgIpc) is 3.31. The summed E-state index contributed by atoms with van der Waals surface area (Å²) < 4.78 is 1.51. The highest BCUT2D eigenvalue weighted by atomic mass is 16.1. The van der Waals surface area contributed by atoms with Gasteiger partial charge in [-0.1, -0.05) is 0 Å². The summed E-state index contributed by atoms with van der Waals surface area (Å²) in [4.78, 5) is 30.0. The molecule has 2 aliphatic heterocycles. The lowest BCUT2D eigenvalue weighted by Gasteiger charge is -2.22. The first kappa shape index (κ1) is 15.9. The maximum Gasteiger partial charge on any atom is 0.253 e. The van der Waals surface area contributed by atoms with Gasteiger partial charge in [0, 0.05) is 63.5 Å². The summed E-state index contributed by atoms with van der Waals surface area (Å²) in [6.07, 6.45) is 5.88. The van der Waals surface area contributed by atoms with Crippen molar-refractivity contribution in [3.05, 3.63) is 46.5 Å². The monoisotopic (exact) mass is 352 g/mol. The highest BCUT2D eigenvalue weighted by molar-refractivity contribution is 5.42. The van der Waals surface area contributed by atoms with E-state index >= 15 is 0 Å². The molecule has 0 N–H and O–H groups in total. The molecule has 2 unspecified atom stereocenters. The van der Waals surface area contributed by atoms with E-state index in [4.69, 9.17) is 0 Å². The summed E-state index contributed by atoms with van der Waals surface area (Å²) in [5.41, 5.74) is 2.09. The van der Waals surface area contributed by atoms with Crippen LogP contribution in [0.2, 0.25) is 0 Å². The van der Waals surface area contributed by atoms with Crippen molar-refractivity contribution in [2.45, 2.75) is 25.3 Å². The van der Waals surface area contributed by atoms with Crippen molar-refractivity contribution < 1.29 is 0 Å². The second-order valence-corrected chi connectivity index (χ2v) is 8.02. The van der Waals surface area contributed by atoms with Gasteiger partial charge < -0.3 is 9.47 Å². The summed E-state index contributed by atoms with van der Waals surface area (Å²) in [6, 6.07) is 3.85. The largest absolute Gasteiger partial charge is 0.356 e. The van der Waals surface area contributed by atoms with Crippen LogP contribution in [0.3, 0.4) is 0 Å². The maximum absolute atomic E-state index is 11.8. The second-order valence-electron chi connectivity index (χ2n) is 8.02. The van der Waals surface area contributed by atoms with Gasteiger partial charge in [-0.3, -0.25) is 9.69 Å². The standard InChI is InChI=1S/C19H24N6O/c1-23-12-22-16(4-19(23)26)10-24-6-14-8-25(9-15(14)7-24)18-5-17(13-2-3-13)20-11-21-18/h4-5,11-15H,2-3,6-10H2,1H3. The number of rotatable bonds is 4. The molecule has 2 aromatic heterocycles. The topological polar surface area (TPSA) is 67.2 Å². The van der Waals surface area contributed by atoms with Crippen LogP contribution in [0.1, 0.15) is 30.1 Å². The third kappa shape index (κ3) is 3.00. The zero-order chi connectivity index (χ0) is 17.7. The number of aromatic nitrogens is 4. The molecule has 4 heterocycles. The number of aryl methyl sites for hydroxylation is 1. The molecule has 1 aliphatic carbocycles. The number of hydrogen-bond donors (Lipinski definition) is 0. The molecule has 26 heavy (non-hydrogen) atoms. The quantitative estimate of drug-likeness (QED) is 0.818. The fourth-order valence-corrected chi connectivity index (χ4v) is 4.36. The summed E-state index contributed by atoms with van der Waals surface area (Å²) in [5.74, 6) is 3.10. The number of fused-ring (bicyclic) bond motifs is 1. The van der Waals surface area contributed by atoms with Crippen molar-refractivity contribution in [3.63, 3.8) is 0 Å². The maximum atomic E-state index is 11.8. The number of anilines is 1. The van der Waals surface area contributed by atoms with Crippen molar-refractivity contribution in [2.75, 3.05) is 31.1 Å². The van der Waals surface area contributed by atoms with E-state index in [1.54, 1.807) is 25.8 Å². The van der Waals surface area contributed by atoms with Gasteiger partial charge in [0.15, 0.2) is 0 Å². The third-order valence-corrected chi connectivity index (χ3v) is 5.98. The Morgan fingerprint density at radius 1 is 1.04 bits per heavy atom. The predicted molar refractivity (Wildman–Crippen MR) is 98.0 cm³/mol. The molecule has 2 saturated heterocycles. The van der Waals surface area contributed by atoms with Crippen LogP contribution in [-0.2, 0) is 13.6 Å². The molecule has 5 rings (SSSR count). The van der Waals surface area contributed by atoms with Crippen LogP contribution in [-0.4, -0.2) is 50.6 Å². The van der Waals surface area contributed by atoms with Gasteiger partial charge in [-0.15, -0.1) is 0 Å². The van der Waals surface area contributed by atoms with E-state index in [1.165, 1.54) is 23.1 Å². The Labute approximate surface area is 152 Å². The normalized spacial score (nSPS) is 25.7. The summed E-state index contributed by atoms with van der Waals surface area (Å²) in [7, 11) is 1.73. The van der Waals surface area contributed by atoms with Gasteiger partial charge in [-0.05, 0) is 24.7 Å². The molecule has 0 radical (unpaired) electrons. The van der Waals surface area contributed by atoms with E-state index in [0.717, 1.165) is 44.2 Å². The van der Waals surface area contributed by atoms with Gasteiger partial charge in [0.25, 0.3) is 5.56 Å². The van der Waals surface area contributed by atoms with E-state index in [-0.39, 0.29) is 5.56 Å². The average molecular weight is 352 g/mol. The van der Waals surface area contributed by atoms with Crippen molar-refractivity contribution in [2.24, 2.45) is 18.9 Å². The number of likely N-dealkylation sites (tertiary alicyclic amines) is 1. The lowest BCUT2D eigenvalue weighted by atomic mass is 10.0. The minimum absolute atomic E-state index is 0.01000. The summed E-state index contributed by atoms with van der Waals surface area (Å²) >= 11 is 0. The van der Waals surface area contributed by atoms with Crippen LogP contribution in [0.25, 0.3) is 0 Å². The molecule has 7 nitrogen and oxygen atoms in total. The molecule has 3 aliphatic rings.